The Morgan fingerprint density at radius 3 is 2.58 bits per heavy atom. The summed E-state index contributed by atoms with van der Waals surface area (Å²) in [7, 11) is 0. The van der Waals surface area contributed by atoms with Crippen molar-refractivity contribution in [3.8, 4) is 0 Å². The lowest BCUT2D eigenvalue weighted by molar-refractivity contribution is 0.122. The molecule has 0 aliphatic carbocycles. The van der Waals surface area contributed by atoms with Gasteiger partial charge in [0.25, 0.3) is 0 Å². The van der Waals surface area contributed by atoms with E-state index in [0.29, 0.717) is 6.04 Å². The van der Waals surface area contributed by atoms with Gasteiger partial charge in [-0.25, -0.2) is 4.98 Å². The average molecular weight is 378 g/mol. The second-order valence-electron chi connectivity index (χ2n) is 7.46. The van der Waals surface area contributed by atoms with Crippen molar-refractivity contribution >= 4 is 23.5 Å². The summed E-state index contributed by atoms with van der Waals surface area (Å²) in [6, 6.07) is 3.59. The Kier molecular flexibility index (Phi) is 6.17. The van der Waals surface area contributed by atoms with Gasteiger partial charge in [0, 0.05) is 55.8 Å². The van der Waals surface area contributed by atoms with Crippen molar-refractivity contribution in [1.29, 1.82) is 0 Å². The molecule has 0 amide bonds. The van der Waals surface area contributed by atoms with Gasteiger partial charge in [-0.05, 0) is 31.4 Å². The number of piperidine rings is 1. The third-order valence-electron chi connectivity index (χ3n) is 5.63. The van der Waals surface area contributed by atoms with Gasteiger partial charge in [0.1, 0.15) is 5.82 Å². The number of aryl methyl sites for hydroxylation is 1. The molecule has 7 heteroatoms. The van der Waals surface area contributed by atoms with Crippen LogP contribution in [-0.2, 0) is 11.2 Å². The number of nitrogens with zero attached hydrogens (tertiary/aromatic N) is 4. The van der Waals surface area contributed by atoms with E-state index in [4.69, 9.17) is 14.7 Å². The lowest BCUT2D eigenvalue weighted by atomic mass is 10.0. The number of hydrogen-bond acceptors (Lipinski definition) is 7. The fraction of sp³-hybridized carbons (Fsp3) is 0.789. The third-order valence-corrected chi connectivity index (χ3v) is 6.79. The number of morpholine rings is 1. The van der Waals surface area contributed by atoms with Crippen molar-refractivity contribution < 1.29 is 4.74 Å². The smallest absolute Gasteiger partial charge is 0.227 e. The van der Waals surface area contributed by atoms with Crippen LogP contribution >= 0.6 is 11.8 Å². The molecule has 0 spiro atoms. The SMILES string of the molecule is CCc1cc(N2CCC(NC3CCSC3)CC2)nc(N2CCOCC2)n1. The van der Waals surface area contributed by atoms with Crippen LogP contribution in [-0.4, -0.2) is 73.0 Å². The van der Waals surface area contributed by atoms with Crippen LogP contribution in [0.3, 0.4) is 0 Å². The highest BCUT2D eigenvalue weighted by Gasteiger charge is 2.25. The van der Waals surface area contributed by atoms with Gasteiger partial charge >= 0.3 is 0 Å². The Balaban J connectivity index is 1.40. The zero-order chi connectivity index (χ0) is 17.8. The second kappa shape index (κ2) is 8.76. The summed E-state index contributed by atoms with van der Waals surface area (Å²) in [5.41, 5.74) is 1.14. The van der Waals surface area contributed by atoms with Crippen molar-refractivity contribution in [2.24, 2.45) is 0 Å². The first-order valence-corrected chi connectivity index (χ1v) is 11.3. The quantitative estimate of drug-likeness (QED) is 0.841. The maximum atomic E-state index is 5.47. The molecule has 3 aliphatic heterocycles. The predicted molar refractivity (Wildman–Crippen MR) is 109 cm³/mol. The Labute approximate surface area is 161 Å². The number of aromatic nitrogens is 2. The maximum Gasteiger partial charge on any atom is 0.227 e. The molecule has 4 heterocycles. The van der Waals surface area contributed by atoms with Crippen LogP contribution in [0.25, 0.3) is 0 Å². The van der Waals surface area contributed by atoms with E-state index in [2.05, 4.69) is 39.9 Å². The van der Waals surface area contributed by atoms with E-state index in [1.807, 2.05) is 0 Å². The number of rotatable bonds is 5. The fourth-order valence-corrected chi connectivity index (χ4v) is 5.16. The first-order valence-electron chi connectivity index (χ1n) is 10.1. The molecule has 0 radical (unpaired) electrons. The first kappa shape index (κ1) is 18.3. The minimum Gasteiger partial charge on any atom is -0.378 e. The van der Waals surface area contributed by atoms with Gasteiger partial charge in [-0.1, -0.05) is 6.92 Å². The van der Waals surface area contributed by atoms with E-state index in [0.717, 1.165) is 69.3 Å². The predicted octanol–water partition coefficient (Wildman–Crippen LogP) is 1.94. The van der Waals surface area contributed by atoms with E-state index in [-0.39, 0.29) is 0 Å². The Morgan fingerprint density at radius 2 is 1.88 bits per heavy atom. The average Bonchev–Trinajstić information content (AvgIpc) is 3.22. The highest BCUT2D eigenvalue weighted by atomic mass is 32.2. The van der Waals surface area contributed by atoms with Crippen LogP contribution in [0.15, 0.2) is 6.07 Å². The van der Waals surface area contributed by atoms with Crippen molar-refractivity contribution in [3.63, 3.8) is 0 Å². The summed E-state index contributed by atoms with van der Waals surface area (Å²) < 4.78 is 5.47. The summed E-state index contributed by atoms with van der Waals surface area (Å²) in [4.78, 5) is 14.4. The highest BCUT2D eigenvalue weighted by Crippen LogP contribution is 2.24. The van der Waals surface area contributed by atoms with Gasteiger partial charge in [-0.2, -0.15) is 16.7 Å². The minimum absolute atomic E-state index is 0.668. The molecular formula is C19H31N5OS. The summed E-state index contributed by atoms with van der Waals surface area (Å²) in [5, 5.41) is 3.87. The van der Waals surface area contributed by atoms with Gasteiger partial charge in [0.05, 0.1) is 13.2 Å². The van der Waals surface area contributed by atoms with Gasteiger partial charge in [0.2, 0.25) is 5.95 Å². The van der Waals surface area contributed by atoms with E-state index >= 15 is 0 Å². The monoisotopic (exact) mass is 377 g/mol. The van der Waals surface area contributed by atoms with Crippen molar-refractivity contribution in [2.75, 3.05) is 60.7 Å². The molecule has 4 rings (SSSR count). The molecule has 1 aromatic heterocycles. The molecule has 3 aliphatic rings. The zero-order valence-corrected chi connectivity index (χ0v) is 16.6. The van der Waals surface area contributed by atoms with Gasteiger partial charge in [-0.3, -0.25) is 0 Å². The molecule has 3 fully saturated rings. The molecule has 1 aromatic rings. The Morgan fingerprint density at radius 1 is 1.08 bits per heavy atom. The Bertz CT molecular complexity index is 581. The van der Waals surface area contributed by atoms with E-state index in [9.17, 15) is 0 Å². The lowest BCUT2D eigenvalue weighted by Gasteiger charge is -2.35. The molecule has 1 unspecified atom stereocenters. The van der Waals surface area contributed by atoms with E-state index in [1.165, 1.54) is 30.8 Å². The standard InChI is InChI=1S/C19H31N5OS/c1-2-15-13-18(22-19(21-15)24-8-10-25-11-9-24)23-6-3-16(4-7-23)20-17-5-12-26-14-17/h13,16-17,20H,2-12,14H2,1H3. The molecular weight excluding hydrogens is 346 g/mol. The van der Waals surface area contributed by atoms with Crippen LogP contribution < -0.4 is 15.1 Å². The molecule has 0 bridgehead atoms. The molecule has 1 N–H and O–H groups in total. The number of hydrogen-bond donors (Lipinski definition) is 1. The van der Waals surface area contributed by atoms with Gasteiger partial charge in [-0.15, -0.1) is 0 Å². The highest BCUT2D eigenvalue weighted by molar-refractivity contribution is 7.99. The number of nitrogens with one attached hydrogen (secondary N) is 1. The van der Waals surface area contributed by atoms with Crippen LogP contribution in [0.2, 0.25) is 0 Å². The van der Waals surface area contributed by atoms with Crippen molar-refractivity contribution in [3.05, 3.63) is 11.8 Å². The van der Waals surface area contributed by atoms with E-state index in [1.54, 1.807) is 0 Å². The van der Waals surface area contributed by atoms with Crippen LogP contribution in [0.1, 0.15) is 31.9 Å². The van der Waals surface area contributed by atoms with Crippen LogP contribution in [0.4, 0.5) is 11.8 Å². The second-order valence-corrected chi connectivity index (χ2v) is 8.61. The Hall–Kier alpha value is -1.05. The number of thioether (sulfide) groups is 1. The normalized spacial score (nSPS) is 25.0. The summed E-state index contributed by atoms with van der Waals surface area (Å²) in [6.45, 7) is 7.65. The van der Waals surface area contributed by atoms with Gasteiger partial charge < -0.3 is 19.9 Å². The largest absolute Gasteiger partial charge is 0.378 e. The summed E-state index contributed by atoms with van der Waals surface area (Å²) >= 11 is 2.08. The van der Waals surface area contributed by atoms with Gasteiger partial charge in [0.15, 0.2) is 0 Å². The molecule has 3 saturated heterocycles. The third kappa shape index (κ3) is 4.43. The molecule has 0 aromatic carbocycles. The van der Waals surface area contributed by atoms with Crippen molar-refractivity contribution in [2.45, 2.75) is 44.7 Å². The molecule has 144 valence electrons. The summed E-state index contributed by atoms with van der Waals surface area (Å²) in [5.74, 6) is 4.59. The topological polar surface area (TPSA) is 53.5 Å². The van der Waals surface area contributed by atoms with Crippen LogP contribution in [0, 0.1) is 0 Å². The molecule has 0 saturated carbocycles. The lowest BCUT2D eigenvalue weighted by Crippen LogP contribution is -2.46. The molecule has 1 atom stereocenters. The summed E-state index contributed by atoms with van der Waals surface area (Å²) in [6.07, 6.45) is 4.70. The van der Waals surface area contributed by atoms with E-state index < -0.39 is 0 Å². The fourth-order valence-electron chi connectivity index (χ4n) is 3.99. The first-order chi connectivity index (χ1) is 12.8. The minimum atomic E-state index is 0.668. The number of ether oxygens (including phenoxy) is 1. The van der Waals surface area contributed by atoms with Crippen molar-refractivity contribution in [1.82, 2.24) is 15.3 Å². The van der Waals surface area contributed by atoms with Crippen LogP contribution in [0.5, 0.6) is 0 Å². The maximum absolute atomic E-state index is 5.47. The molecule has 26 heavy (non-hydrogen) atoms. The number of anilines is 2. The molecule has 6 nitrogen and oxygen atoms in total. The zero-order valence-electron chi connectivity index (χ0n) is 15.8.